The summed E-state index contributed by atoms with van der Waals surface area (Å²) < 4.78 is 0. The van der Waals surface area contributed by atoms with E-state index in [0.717, 1.165) is 13.1 Å². The number of thiazole rings is 2. The van der Waals surface area contributed by atoms with E-state index in [9.17, 15) is 0 Å². The molecule has 2 N–H and O–H groups in total. The molecule has 2 aliphatic rings. The Kier molecular flexibility index (Phi) is 5.57. The monoisotopic (exact) mass is 370 g/mol. The molecule has 1 aliphatic heterocycles. The van der Waals surface area contributed by atoms with Gasteiger partial charge >= 0.3 is 0 Å². The van der Waals surface area contributed by atoms with Crippen LogP contribution < -0.4 is 5.73 Å². The van der Waals surface area contributed by atoms with Gasteiger partial charge in [0.1, 0.15) is 0 Å². The first kappa shape index (κ1) is 17.1. The first-order chi connectivity index (χ1) is 10.8. The SMILES string of the molecule is Cl.Nc1ncc(CN2CCCC(c3nc4c(s3)CCCC4)C2)s1. The lowest BCUT2D eigenvalue weighted by molar-refractivity contribution is 0.201. The van der Waals surface area contributed by atoms with Crippen LogP contribution in [-0.2, 0) is 19.4 Å². The van der Waals surface area contributed by atoms with Gasteiger partial charge in [-0.15, -0.1) is 35.1 Å². The van der Waals surface area contributed by atoms with E-state index in [1.165, 1.54) is 60.6 Å². The van der Waals surface area contributed by atoms with Gasteiger partial charge in [-0.05, 0) is 45.1 Å². The molecule has 2 aromatic rings. The van der Waals surface area contributed by atoms with Crippen LogP contribution >= 0.6 is 35.1 Å². The van der Waals surface area contributed by atoms with Crippen LogP contribution in [0, 0.1) is 0 Å². The average molecular weight is 371 g/mol. The van der Waals surface area contributed by atoms with Crippen molar-refractivity contribution in [2.45, 2.75) is 51.0 Å². The standard InChI is InChI=1S/C16H22N4S2.ClH/c17-16-18-8-12(21-16)10-20-7-3-4-11(9-20)15-19-13-5-1-2-6-14(13)22-15;/h8,11H,1-7,9-10H2,(H2,17,18);1H. The summed E-state index contributed by atoms with van der Waals surface area (Å²) in [6, 6.07) is 0. The van der Waals surface area contributed by atoms with Crippen LogP contribution in [0.15, 0.2) is 6.20 Å². The van der Waals surface area contributed by atoms with E-state index in [1.807, 2.05) is 17.5 Å². The summed E-state index contributed by atoms with van der Waals surface area (Å²) in [6.07, 6.45) is 9.59. The molecule has 1 atom stereocenters. The summed E-state index contributed by atoms with van der Waals surface area (Å²) in [6.45, 7) is 3.29. The van der Waals surface area contributed by atoms with Crippen LogP contribution in [0.3, 0.4) is 0 Å². The van der Waals surface area contributed by atoms with Gasteiger partial charge in [0.25, 0.3) is 0 Å². The fraction of sp³-hybridized carbons (Fsp3) is 0.625. The number of nitrogens with two attached hydrogens (primary N) is 1. The van der Waals surface area contributed by atoms with Crippen molar-refractivity contribution in [3.05, 3.63) is 26.7 Å². The summed E-state index contributed by atoms with van der Waals surface area (Å²) in [4.78, 5) is 14.5. The molecule has 1 aliphatic carbocycles. The van der Waals surface area contributed by atoms with E-state index < -0.39 is 0 Å². The minimum Gasteiger partial charge on any atom is -0.375 e. The van der Waals surface area contributed by atoms with Crippen LogP contribution in [0.25, 0.3) is 0 Å². The quantitative estimate of drug-likeness (QED) is 0.891. The largest absolute Gasteiger partial charge is 0.375 e. The van der Waals surface area contributed by atoms with E-state index >= 15 is 0 Å². The minimum atomic E-state index is 0. The van der Waals surface area contributed by atoms with E-state index in [0.29, 0.717) is 11.0 Å². The molecule has 0 aromatic carbocycles. The molecule has 1 fully saturated rings. The molecular formula is C16H23ClN4S2. The van der Waals surface area contributed by atoms with Crippen molar-refractivity contribution in [3.8, 4) is 0 Å². The number of likely N-dealkylation sites (tertiary alicyclic amines) is 1. The number of nitrogens with zero attached hydrogens (tertiary/aromatic N) is 3. The molecule has 0 amide bonds. The van der Waals surface area contributed by atoms with Crippen molar-refractivity contribution in [2.75, 3.05) is 18.8 Å². The molecule has 7 heteroatoms. The third-order valence-electron chi connectivity index (χ3n) is 4.67. The number of piperidine rings is 1. The molecule has 0 bridgehead atoms. The first-order valence-corrected chi connectivity index (χ1v) is 9.82. The highest BCUT2D eigenvalue weighted by atomic mass is 35.5. The highest BCUT2D eigenvalue weighted by Crippen LogP contribution is 2.35. The second kappa shape index (κ2) is 7.47. The Morgan fingerprint density at radius 2 is 2.09 bits per heavy atom. The number of fused-ring (bicyclic) bond motifs is 1. The fourth-order valence-electron chi connectivity index (χ4n) is 3.56. The van der Waals surface area contributed by atoms with Crippen molar-refractivity contribution in [2.24, 2.45) is 0 Å². The number of hydrogen-bond donors (Lipinski definition) is 1. The predicted octanol–water partition coefficient (Wildman–Crippen LogP) is 3.86. The van der Waals surface area contributed by atoms with Gasteiger partial charge in [0.15, 0.2) is 5.13 Å². The van der Waals surface area contributed by atoms with Gasteiger partial charge in [-0.3, -0.25) is 4.90 Å². The van der Waals surface area contributed by atoms with Crippen molar-refractivity contribution in [1.29, 1.82) is 0 Å². The Hall–Kier alpha value is -0.690. The highest BCUT2D eigenvalue weighted by molar-refractivity contribution is 7.15. The van der Waals surface area contributed by atoms with Gasteiger partial charge in [0.05, 0.1) is 10.7 Å². The molecule has 0 radical (unpaired) electrons. The van der Waals surface area contributed by atoms with E-state index in [-0.39, 0.29) is 12.4 Å². The summed E-state index contributed by atoms with van der Waals surface area (Å²) in [5, 5.41) is 2.07. The number of anilines is 1. The highest BCUT2D eigenvalue weighted by Gasteiger charge is 2.26. The van der Waals surface area contributed by atoms with Gasteiger partial charge in [-0.1, -0.05) is 0 Å². The molecule has 23 heavy (non-hydrogen) atoms. The Bertz CT molecular complexity index is 631. The number of aryl methyl sites for hydroxylation is 2. The molecule has 0 spiro atoms. The number of aromatic nitrogens is 2. The van der Waals surface area contributed by atoms with Gasteiger partial charge < -0.3 is 5.73 Å². The predicted molar refractivity (Wildman–Crippen MR) is 99.8 cm³/mol. The van der Waals surface area contributed by atoms with Crippen LogP contribution in [0.4, 0.5) is 5.13 Å². The zero-order valence-corrected chi connectivity index (χ0v) is 15.6. The fourth-order valence-corrected chi connectivity index (χ4v) is 5.57. The van der Waals surface area contributed by atoms with E-state index in [4.69, 9.17) is 10.7 Å². The number of rotatable bonds is 3. The smallest absolute Gasteiger partial charge is 0.180 e. The van der Waals surface area contributed by atoms with Crippen molar-refractivity contribution >= 4 is 40.2 Å². The molecule has 4 rings (SSSR count). The molecular weight excluding hydrogens is 348 g/mol. The third-order valence-corrected chi connectivity index (χ3v) is 6.80. The lowest BCUT2D eigenvalue weighted by Gasteiger charge is -2.31. The van der Waals surface area contributed by atoms with Crippen LogP contribution in [0.1, 0.15) is 52.1 Å². The number of halogens is 1. The lowest BCUT2D eigenvalue weighted by Crippen LogP contribution is -2.33. The number of hydrogen-bond acceptors (Lipinski definition) is 6. The molecule has 0 saturated carbocycles. The van der Waals surface area contributed by atoms with Gasteiger partial charge in [-0.2, -0.15) is 0 Å². The first-order valence-electron chi connectivity index (χ1n) is 8.19. The second-order valence-corrected chi connectivity index (χ2v) is 8.63. The molecule has 1 saturated heterocycles. The van der Waals surface area contributed by atoms with Crippen molar-refractivity contribution in [1.82, 2.24) is 14.9 Å². The Balaban J connectivity index is 0.00000156. The zero-order chi connectivity index (χ0) is 14.9. The topological polar surface area (TPSA) is 55.0 Å². The minimum absolute atomic E-state index is 0. The maximum atomic E-state index is 5.74. The molecule has 4 nitrogen and oxygen atoms in total. The van der Waals surface area contributed by atoms with Crippen LogP contribution in [-0.4, -0.2) is 28.0 Å². The molecule has 126 valence electrons. The maximum Gasteiger partial charge on any atom is 0.180 e. The van der Waals surface area contributed by atoms with Crippen molar-refractivity contribution < 1.29 is 0 Å². The third kappa shape index (κ3) is 3.87. The van der Waals surface area contributed by atoms with Crippen LogP contribution in [0.5, 0.6) is 0 Å². The molecule has 3 heterocycles. The van der Waals surface area contributed by atoms with Gasteiger partial charge in [0.2, 0.25) is 0 Å². The normalized spacial score (nSPS) is 21.7. The summed E-state index contributed by atoms with van der Waals surface area (Å²) >= 11 is 3.60. The van der Waals surface area contributed by atoms with E-state index in [1.54, 1.807) is 16.2 Å². The van der Waals surface area contributed by atoms with Gasteiger partial charge in [0, 0.05) is 35.0 Å². The van der Waals surface area contributed by atoms with Crippen LogP contribution in [0.2, 0.25) is 0 Å². The van der Waals surface area contributed by atoms with Gasteiger partial charge in [-0.25, -0.2) is 9.97 Å². The average Bonchev–Trinajstić information content (AvgIpc) is 3.13. The Labute approximate surface area is 151 Å². The summed E-state index contributed by atoms with van der Waals surface area (Å²) in [5.41, 5.74) is 7.14. The second-order valence-electron chi connectivity index (χ2n) is 6.37. The zero-order valence-electron chi connectivity index (χ0n) is 13.2. The lowest BCUT2D eigenvalue weighted by atomic mass is 9.98. The Morgan fingerprint density at radius 1 is 1.22 bits per heavy atom. The summed E-state index contributed by atoms with van der Waals surface area (Å²) in [5.74, 6) is 0.620. The van der Waals surface area contributed by atoms with Crippen molar-refractivity contribution in [3.63, 3.8) is 0 Å². The number of nitrogen functional groups attached to an aromatic ring is 1. The Morgan fingerprint density at radius 3 is 2.87 bits per heavy atom. The molecule has 2 aromatic heterocycles. The van der Waals surface area contributed by atoms with E-state index in [2.05, 4.69) is 9.88 Å². The maximum absolute atomic E-state index is 5.74. The summed E-state index contributed by atoms with van der Waals surface area (Å²) in [7, 11) is 0. The molecule has 1 unspecified atom stereocenters.